The Morgan fingerprint density at radius 1 is 1.37 bits per heavy atom. The van der Waals surface area contributed by atoms with Gasteiger partial charge in [0.25, 0.3) is 6.43 Å². The SMILES string of the molecule is COc1ccc(CNC2CC2)cc1COCC(F)F. The molecule has 1 fully saturated rings. The van der Waals surface area contributed by atoms with Crippen molar-refractivity contribution in [2.45, 2.75) is 38.5 Å². The smallest absolute Gasteiger partial charge is 0.261 e. The van der Waals surface area contributed by atoms with Crippen LogP contribution >= 0.6 is 0 Å². The Kier molecular flexibility index (Phi) is 5.10. The predicted octanol–water partition coefficient (Wildman–Crippen LogP) is 2.73. The third kappa shape index (κ3) is 4.76. The second-order valence-corrected chi connectivity index (χ2v) is 4.71. The fourth-order valence-corrected chi connectivity index (χ4v) is 1.86. The monoisotopic (exact) mass is 271 g/mol. The molecule has 3 nitrogen and oxygen atoms in total. The van der Waals surface area contributed by atoms with Gasteiger partial charge < -0.3 is 14.8 Å². The van der Waals surface area contributed by atoms with Gasteiger partial charge in [0.2, 0.25) is 0 Å². The van der Waals surface area contributed by atoms with Gasteiger partial charge in [0.15, 0.2) is 0 Å². The first kappa shape index (κ1) is 14.2. The first-order valence-corrected chi connectivity index (χ1v) is 6.44. The molecule has 0 bridgehead atoms. The van der Waals surface area contributed by atoms with Gasteiger partial charge in [0, 0.05) is 18.2 Å². The highest BCUT2D eigenvalue weighted by Gasteiger charge is 2.20. The fourth-order valence-electron chi connectivity index (χ4n) is 1.86. The van der Waals surface area contributed by atoms with Crippen LogP contribution in [-0.4, -0.2) is 26.2 Å². The van der Waals surface area contributed by atoms with Crippen LogP contribution in [0.2, 0.25) is 0 Å². The van der Waals surface area contributed by atoms with Crippen molar-refractivity contribution in [1.29, 1.82) is 0 Å². The summed E-state index contributed by atoms with van der Waals surface area (Å²) >= 11 is 0. The van der Waals surface area contributed by atoms with E-state index in [4.69, 9.17) is 9.47 Å². The van der Waals surface area contributed by atoms with Crippen molar-refractivity contribution < 1.29 is 18.3 Å². The molecule has 1 aliphatic carbocycles. The van der Waals surface area contributed by atoms with E-state index in [2.05, 4.69) is 5.32 Å². The van der Waals surface area contributed by atoms with E-state index in [1.54, 1.807) is 7.11 Å². The number of hydrogen-bond donors (Lipinski definition) is 1. The maximum Gasteiger partial charge on any atom is 0.261 e. The molecule has 1 aromatic carbocycles. The van der Waals surface area contributed by atoms with Gasteiger partial charge in [-0.15, -0.1) is 0 Å². The van der Waals surface area contributed by atoms with Crippen LogP contribution < -0.4 is 10.1 Å². The van der Waals surface area contributed by atoms with Crippen molar-refractivity contribution in [3.63, 3.8) is 0 Å². The van der Waals surface area contributed by atoms with Crippen molar-refractivity contribution in [2.75, 3.05) is 13.7 Å². The first-order chi connectivity index (χ1) is 9.19. The van der Waals surface area contributed by atoms with E-state index in [9.17, 15) is 8.78 Å². The summed E-state index contributed by atoms with van der Waals surface area (Å²) in [6, 6.07) is 6.41. The summed E-state index contributed by atoms with van der Waals surface area (Å²) in [5.41, 5.74) is 1.92. The molecule has 0 aromatic heterocycles. The zero-order valence-electron chi connectivity index (χ0n) is 11.0. The Labute approximate surface area is 111 Å². The van der Waals surface area contributed by atoms with Crippen molar-refractivity contribution >= 4 is 0 Å². The third-order valence-corrected chi connectivity index (χ3v) is 3.02. The molecule has 0 unspecified atom stereocenters. The summed E-state index contributed by atoms with van der Waals surface area (Å²) in [5.74, 6) is 0.671. The van der Waals surface area contributed by atoms with Crippen LogP contribution in [0.5, 0.6) is 5.75 Å². The van der Waals surface area contributed by atoms with Crippen LogP contribution in [0.15, 0.2) is 18.2 Å². The number of rotatable bonds is 8. The Hall–Kier alpha value is -1.20. The minimum atomic E-state index is -2.44. The van der Waals surface area contributed by atoms with Crippen molar-refractivity contribution in [2.24, 2.45) is 0 Å². The van der Waals surface area contributed by atoms with Gasteiger partial charge >= 0.3 is 0 Å². The molecule has 0 radical (unpaired) electrons. The molecule has 0 heterocycles. The van der Waals surface area contributed by atoms with Gasteiger partial charge in [-0.2, -0.15) is 0 Å². The van der Waals surface area contributed by atoms with E-state index >= 15 is 0 Å². The largest absolute Gasteiger partial charge is 0.496 e. The summed E-state index contributed by atoms with van der Waals surface area (Å²) in [5, 5.41) is 3.41. The lowest BCUT2D eigenvalue weighted by Gasteiger charge is -2.12. The molecule has 19 heavy (non-hydrogen) atoms. The molecule has 1 saturated carbocycles. The molecule has 1 N–H and O–H groups in total. The summed E-state index contributed by atoms with van der Waals surface area (Å²) in [7, 11) is 1.56. The summed E-state index contributed by atoms with van der Waals surface area (Å²) in [6.07, 6.45) is 0.0341. The van der Waals surface area contributed by atoms with E-state index in [0.29, 0.717) is 11.8 Å². The highest BCUT2D eigenvalue weighted by atomic mass is 19.3. The van der Waals surface area contributed by atoms with E-state index in [1.165, 1.54) is 12.8 Å². The number of halogens is 2. The molecule has 0 spiro atoms. The van der Waals surface area contributed by atoms with E-state index in [-0.39, 0.29) is 6.61 Å². The molecule has 0 atom stereocenters. The summed E-state index contributed by atoms with van der Waals surface area (Å²) in [4.78, 5) is 0. The standard InChI is InChI=1S/C14H19F2NO2/c1-18-13-5-2-10(7-17-12-3-4-12)6-11(13)8-19-9-14(15)16/h2,5-6,12,14,17H,3-4,7-9H2,1H3. The molecule has 106 valence electrons. The van der Waals surface area contributed by atoms with Crippen LogP contribution in [0.1, 0.15) is 24.0 Å². The quantitative estimate of drug-likeness (QED) is 0.788. The molecular weight excluding hydrogens is 252 g/mol. The fraction of sp³-hybridized carbons (Fsp3) is 0.571. The Morgan fingerprint density at radius 2 is 2.16 bits per heavy atom. The maximum absolute atomic E-state index is 12.0. The number of nitrogens with one attached hydrogen (secondary N) is 1. The maximum atomic E-state index is 12.0. The molecule has 2 rings (SSSR count). The number of hydrogen-bond acceptors (Lipinski definition) is 3. The van der Waals surface area contributed by atoms with Crippen LogP contribution in [0, 0.1) is 0 Å². The minimum Gasteiger partial charge on any atom is -0.496 e. The molecule has 1 aliphatic rings. The average Bonchev–Trinajstić information content (AvgIpc) is 3.20. The van der Waals surface area contributed by atoms with Gasteiger partial charge in [0.05, 0.1) is 13.7 Å². The zero-order valence-corrected chi connectivity index (χ0v) is 11.0. The molecular formula is C14H19F2NO2. The summed E-state index contributed by atoms with van der Waals surface area (Å²) in [6.45, 7) is 0.384. The second-order valence-electron chi connectivity index (χ2n) is 4.71. The van der Waals surface area contributed by atoms with E-state index in [1.807, 2.05) is 18.2 Å². The highest BCUT2D eigenvalue weighted by molar-refractivity contribution is 5.37. The Balaban J connectivity index is 1.93. The lowest BCUT2D eigenvalue weighted by Crippen LogP contribution is -2.15. The third-order valence-electron chi connectivity index (χ3n) is 3.02. The predicted molar refractivity (Wildman–Crippen MR) is 68.5 cm³/mol. The number of benzene rings is 1. The van der Waals surface area contributed by atoms with Crippen LogP contribution in [-0.2, 0) is 17.9 Å². The average molecular weight is 271 g/mol. The van der Waals surface area contributed by atoms with Crippen molar-refractivity contribution in [3.05, 3.63) is 29.3 Å². The minimum absolute atomic E-state index is 0.144. The van der Waals surface area contributed by atoms with Crippen LogP contribution in [0.4, 0.5) is 8.78 Å². The van der Waals surface area contributed by atoms with Gasteiger partial charge in [-0.1, -0.05) is 6.07 Å². The number of ether oxygens (including phenoxy) is 2. The lowest BCUT2D eigenvalue weighted by atomic mass is 10.1. The topological polar surface area (TPSA) is 30.5 Å². The highest BCUT2D eigenvalue weighted by Crippen LogP contribution is 2.23. The van der Waals surface area contributed by atoms with Gasteiger partial charge in [0.1, 0.15) is 12.4 Å². The molecule has 0 saturated heterocycles. The van der Waals surface area contributed by atoms with E-state index in [0.717, 1.165) is 17.7 Å². The normalized spacial score (nSPS) is 14.9. The first-order valence-electron chi connectivity index (χ1n) is 6.44. The molecule has 1 aromatic rings. The lowest BCUT2D eigenvalue weighted by molar-refractivity contribution is 0.00931. The molecule has 0 amide bonds. The summed E-state index contributed by atoms with van der Waals surface area (Å²) < 4.78 is 34.3. The van der Waals surface area contributed by atoms with Gasteiger partial charge in [-0.05, 0) is 30.5 Å². The zero-order chi connectivity index (χ0) is 13.7. The number of methoxy groups -OCH3 is 1. The van der Waals surface area contributed by atoms with Crippen LogP contribution in [0.3, 0.4) is 0 Å². The molecule has 5 heteroatoms. The second kappa shape index (κ2) is 6.82. The van der Waals surface area contributed by atoms with Crippen molar-refractivity contribution in [3.8, 4) is 5.75 Å². The Bertz CT molecular complexity index is 408. The molecule has 0 aliphatic heterocycles. The van der Waals surface area contributed by atoms with Crippen LogP contribution in [0.25, 0.3) is 0 Å². The van der Waals surface area contributed by atoms with E-state index < -0.39 is 13.0 Å². The van der Waals surface area contributed by atoms with Gasteiger partial charge in [-0.3, -0.25) is 0 Å². The van der Waals surface area contributed by atoms with Gasteiger partial charge in [-0.25, -0.2) is 8.78 Å². The van der Waals surface area contributed by atoms with Crippen molar-refractivity contribution in [1.82, 2.24) is 5.32 Å². The Morgan fingerprint density at radius 3 is 2.79 bits per heavy atom. The number of alkyl halides is 2.